The van der Waals surface area contributed by atoms with Gasteiger partial charge in [0.2, 0.25) is 9.84 Å². The first-order valence-corrected chi connectivity index (χ1v) is 8.80. The number of anilines is 1. The second-order valence-corrected chi connectivity index (χ2v) is 7.48. The van der Waals surface area contributed by atoms with Gasteiger partial charge >= 0.3 is 5.76 Å². The van der Waals surface area contributed by atoms with Crippen LogP contribution in [-0.4, -0.2) is 20.1 Å². The summed E-state index contributed by atoms with van der Waals surface area (Å²) in [4.78, 5) is 11.7. The molecule has 4 nitrogen and oxygen atoms in total. The largest absolute Gasteiger partial charge is 0.341 e. The van der Waals surface area contributed by atoms with Crippen molar-refractivity contribution < 1.29 is 22.0 Å². The summed E-state index contributed by atoms with van der Waals surface area (Å²) < 4.78 is 47.7. The zero-order valence-corrected chi connectivity index (χ0v) is 14.0. The second-order valence-electron chi connectivity index (χ2n) is 5.56. The highest BCUT2D eigenvalue weighted by atomic mass is 32.2. The third kappa shape index (κ3) is 3.97. The molecular weight excluding hydrogens is 336 g/mol. The summed E-state index contributed by atoms with van der Waals surface area (Å²) >= 11 is 0. The van der Waals surface area contributed by atoms with Gasteiger partial charge in [0.05, 0.1) is 4.90 Å². The van der Waals surface area contributed by atoms with Crippen LogP contribution >= 0.6 is 0 Å². The van der Waals surface area contributed by atoms with Crippen molar-refractivity contribution in [2.45, 2.75) is 30.4 Å². The fraction of sp³-hybridized carbons (Fsp3) is 0.235. The van der Waals surface area contributed by atoms with Crippen molar-refractivity contribution >= 4 is 21.4 Å². The van der Waals surface area contributed by atoms with Gasteiger partial charge in [-0.05, 0) is 47.9 Å². The zero-order valence-electron chi connectivity index (χ0n) is 13.2. The number of hydrogen-bond acceptors (Lipinski definition) is 3. The van der Waals surface area contributed by atoms with E-state index in [4.69, 9.17) is 0 Å². The van der Waals surface area contributed by atoms with E-state index in [2.05, 4.69) is 5.32 Å². The number of sulfone groups is 1. The molecule has 7 heteroatoms. The Morgan fingerprint density at radius 3 is 2.21 bits per heavy atom. The van der Waals surface area contributed by atoms with Gasteiger partial charge in [-0.25, -0.2) is 8.42 Å². The smallest absolute Gasteiger partial charge is 0.322 e. The van der Waals surface area contributed by atoms with Crippen molar-refractivity contribution in [3.8, 4) is 0 Å². The molecule has 1 N–H and O–H groups in total. The monoisotopic (exact) mass is 353 g/mol. The van der Waals surface area contributed by atoms with Crippen molar-refractivity contribution in [1.82, 2.24) is 0 Å². The van der Waals surface area contributed by atoms with E-state index in [0.717, 1.165) is 17.7 Å². The SMILES string of the molecule is CC(C)c1cccc(NC(=O)c2ccc(S(=O)(=O)C(F)F)cc2)c1. The Balaban J connectivity index is 2.18. The topological polar surface area (TPSA) is 63.2 Å². The maximum Gasteiger partial charge on any atom is 0.341 e. The highest BCUT2D eigenvalue weighted by molar-refractivity contribution is 7.91. The van der Waals surface area contributed by atoms with Crippen LogP contribution in [0.1, 0.15) is 35.7 Å². The highest BCUT2D eigenvalue weighted by Gasteiger charge is 2.26. The minimum atomic E-state index is -4.66. The van der Waals surface area contributed by atoms with Crippen LogP contribution in [-0.2, 0) is 9.84 Å². The van der Waals surface area contributed by atoms with Crippen LogP contribution in [0, 0.1) is 0 Å². The molecule has 0 spiro atoms. The number of alkyl halides is 2. The molecule has 128 valence electrons. The lowest BCUT2D eigenvalue weighted by Gasteiger charge is -2.10. The molecule has 0 aliphatic carbocycles. The van der Waals surface area contributed by atoms with E-state index in [1.165, 1.54) is 12.1 Å². The Kier molecular flexibility index (Phi) is 5.33. The zero-order chi connectivity index (χ0) is 17.9. The van der Waals surface area contributed by atoms with Crippen LogP contribution in [0.3, 0.4) is 0 Å². The molecule has 2 aromatic carbocycles. The van der Waals surface area contributed by atoms with E-state index >= 15 is 0 Å². The van der Waals surface area contributed by atoms with Gasteiger partial charge < -0.3 is 5.32 Å². The van der Waals surface area contributed by atoms with Crippen LogP contribution in [0.5, 0.6) is 0 Å². The Labute approximate surface area is 139 Å². The van der Waals surface area contributed by atoms with E-state index in [1.807, 2.05) is 32.0 Å². The van der Waals surface area contributed by atoms with E-state index < -0.39 is 26.4 Å². The summed E-state index contributed by atoms with van der Waals surface area (Å²) in [5.74, 6) is -3.63. The maximum atomic E-state index is 12.5. The number of halogens is 2. The number of carbonyl (C=O) groups excluding carboxylic acids is 1. The molecule has 2 rings (SSSR count). The Morgan fingerprint density at radius 1 is 1.04 bits per heavy atom. The van der Waals surface area contributed by atoms with Gasteiger partial charge in [0, 0.05) is 11.3 Å². The number of rotatable bonds is 5. The normalized spacial score (nSPS) is 11.8. The summed E-state index contributed by atoms with van der Waals surface area (Å²) in [5, 5.41) is 2.70. The van der Waals surface area contributed by atoms with Gasteiger partial charge in [-0.3, -0.25) is 4.79 Å². The van der Waals surface area contributed by atoms with Gasteiger partial charge in [0.25, 0.3) is 5.91 Å². The number of carbonyl (C=O) groups is 1. The first kappa shape index (κ1) is 18.1. The standard InChI is InChI=1S/C17H17F2NO3S/c1-11(2)13-4-3-5-14(10-13)20-16(21)12-6-8-15(9-7-12)24(22,23)17(18)19/h3-11,17H,1-2H3,(H,20,21). The summed E-state index contributed by atoms with van der Waals surface area (Å²) in [6.07, 6.45) is 0. The van der Waals surface area contributed by atoms with Crippen molar-refractivity contribution in [2.75, 3.05) is 5.32 Å². The molecule has 0 saturated heterocycles. The van der Waals surface area contributed by atoms with E-state index in [1.54, 1.807) is 6.07 Å². The molecule has 2 aromatic rings. The van der Waals surface area contributed by atoms with Gasteiger partial charge in [-0.1, -0.05) is 26.0 Å². The second kappa shape index (κ2) is 7.09. The summed E-state index contributed by atoms with van der Waals surface area (Å²) in [6, 6.07) is 11.8. The fourth-order valence-electron chi connectivity index (χ4n) is 2.08. The molecular formula is C17H17F2NO3S. The summed E-state index contributed by atoms with van der Waals surface area (Å²) in [5.41, 5.74) is 1.85. The Bertz CT molecular complexity index is 831. The quantitative estimate of drug-likeness (QED) is 0.882. The molecule has 0 radical (unpaired) electrons. The molecule has 1 amide bonds. The van der Waals surface area contributed by atoms with Crippen LogP contribution in [0.15, 0.2) is 53.4 Å². The molecule has 0 atom stereocenters. The molecule has 0 aromatic heterocycles. The maximum absolute atomic E-state index is 12.5. The van der Waals surface area contributed by atoms with Crippen molar-refractivity contribution in [3.05, 3.63) is 59.7 Å². The first-order valence-electron chi connectivity index (χ1n) is 7.25. The Hall–Kier alpha value is -2.28. The lowest BCUT2D eigenvalue weighted by molar-refractivity contribution is 0.102. The van der Waals surface area contributed by atoms with Gasteiger partial charge in [0.1, 0.15) is 0 Å². The molecule has 0 aliphatic rings. The van der Waals surface area contributed by atoms with Gasteiger partial charge in [-0.15, -0.1) is 0 Å². The van der Waals surface area contributed by atoms with E-state index in [-0.39, 0.29) is 5.56 Å². The summed E-state index contributed by atoms with van der Waals surface area (Å²) in [6.45, 7) is 4.06. The molecule has 24 heavy (non-hydrogen) atoms. The van der Waals surface area contributed by atoms with Crippen LogP contribution < -0.4 is 5.32 Å². The predicted molar refractivity (Wildman–Crippen MR) is 88.1 cm³/mol. The molecule has 0 unspecified atom stereocenters. The van der Waals surface area contributed by atoms with Crippen molar-refractivity contribution in [2.24, 2.45) is 0 Å². The molecule has 0 saturated carbocycles. The van der Waals surface area contributed by atoms with Gasteiger partial charge in [-0.2, -0.15) is 8.78 Å². The Morgan fingerprint density at radius 2 is 1.67 bits per heavy atom. The van der Waals surface area contributed by atoms with Crippen molar-refractivity contribution in [3.63, 3.8) is 0 Å². The van der Waals surface area contributed by atoms with Crippen LogP contribution in [0.4, 0.5) is 14.5 Å². The number of amides is 1. The fourth-order valence-corrected chi connectivity index (χ4v) is 2.80. The predicted octanol–water partition coefficient (Wildman–Crippen LogP) is 4.06. The molecule has 0 bridgehead atoms. The van der Waals surface area contributed by atoms with Crippen LogP contribution in [0.2, 0.25) is 0 Å². The lowest BCUT2D eigenvalue weighted by Crippen LogP contribution is -2.14. The highest BCUT2D eigenvalue weighted by Crippen LogP contribution is 2.21. The first-order chi connectivity index (χ1) is 11.2. The van der Waals surface area contributed by atoms with E-state index in [0.29, 0.717) is 11.6 Å². The van der Waals surface area contributed by atoms with Gasteiger partial charge in [0.15, 0.2) is 0 Å². The number of benzene rings is 2. The lowest BCUT2D eigenvalue weighted by atomic mass is 10.0. The van der Waals surface area contributed by atoms with Crippen molar-refractivity contribution in [1.29, 1.82) is 0 Å². The third-order valence-corrected chi connectivity index (χ3v) is 4.89. The van der Waals surface area contributed by atoms with Crippen LogP contribution in [0.25, 0.3) is 0 Å². The minimum absolute atomic E-state index is 0.179. The molecule has 0 aliphatic heterocycles. The summed E-state index contributed by atoms with van der Waals surface area (Å²) in [7, 11) is -4.66. The molecule has 0 heterocycles. The minimum Gasteiger partial charge on any atom is -0.322 e. The molecule has 0 fully saturated rings. The average Bonchev–Trinajstić information content (AvgIpc) is 2.55. The average molecular weight is 353 g/mol. The number of nitrogens with one attached hydrogen (secondary N) is 1. The third-order valence-electron chi connectivity index (χ3n) is 3.49. The van der Waals surface area contributed by atoms with E-state index in [9.17, 15) is 22.0 Å². The number of hydrogen-bond donors (Lipinski definition) is 1.